The van der Waals surface area contributed by atoms with Gasteiger partial charge in [0.25, 0.3) is 11.8 Å². The molecule has 0 radical (unpaired) electrons. The summed E-state index contributed by atoms with van der Waals surface area (Å²) in [6.45, 7) is 2.50. The van der Waals surface area contributed by atoms with Crippen molar-refractivity contribution >= 4 is 17.5 Å². The molecule has 1 unspecified atom stereocenters. The maximum atomic E-state index is 13.1. The van der Waals surface area contributed by atoms with Gasteiger partial charge in [0.2, 0.25) is 6.35 Å². The highest BCUT2D eigenvalue weighted by Crippen LogP contribution is 2.32. The van der Waals surface area contributed by atoms with Gasteiger partial charge in [0.1, 0.15) is 0 Å². The minimum atomic E-state index is -1.12. The van der Waals surface area contributed by atoms with E-state index in [1.165, 1.54) is 4.90 Å². The molecule has 0 aromatic heterocycles. The third-order valence-corrected chi connectivity index (χ3v) is 5.74. The van der Waals surface area contributed by atoms with Gasteiger partial charge in [0.05, 0.1) is 11.3 Å². The summed E-state index contributed by atoms with van der Waals surface area (Å²) in [4.78, 5) is 28.1. The van der Waals surface area contributed by atoms with E-state index in [-0.39, 0.29) is 5.91 Å². The molecule has 0 saturated carbocycles. The first kappa shape index (κ1) is 21.5. The van der Waals surface area contributed by atoms with E-state index in [2.05, 4.69) is 0 Å². The molecule has 7 nitrogen and oxygen atoms in total. The Morgan fingerprint density at radius 2 is 1.69 bits per heavy atom. The van der Waals surface area contributed by atoms with Crippen LogP contribution in [-0.2, 0) is 13.0 Å². The van der Waals surface area contributed by atoms with Crippen molar-refractivity contribution < 1.29 is 19.9 Å². The quantitative estimate of drug-likeness (QED) is 0.412. The molecule has 3 aromatic rings. The third-order valence-electron chi connectivity index (χ3n) is 5.74. The van der Waals surface area contributed by atoms with Gasteiger partial charge in [-0.05, 0) is 48.2 Å². The van der Waals surface area contributed by atoms with E-state index >= 15 is 0 Å². The van der Waals surface area contributed by atoms with Gasteiger partial charge >= 0.3 is 0 Å². The van der Waals surface area contributed by atoms with Crippen LogP contribution >= 0.6 is 0 Å². The molecule has 3 N–H and O–H groups in total. The average Bonchev–Trinajstić information content (AvgIpc) is 2.82. The number of hydrogen-bond donors (Lipinski definition) is 3. The van der Waals surface area contributed by atoms with E-state index in [4.69, 9.17) is 5.21 Å². The van der Waals surface area contributed by atoms with Gasteiger partial charge < -0.3 is 10.0 Å². The molecule has 0 spiro atoms. The number of nitrogens with zero attached hydrogens (tertiary/aromatic N) is 2. The molecule has 1 aliphatic heterocycles. The van der Waals surface area contributed by atoms with Gasteiger partial charge in [0, 0.05) is 18.7 Å². The van der Waals surface area contributed by atoms with Crippen LogP contribution in [-0.4, -0.2) is 39.9 Å². The minimum absolute atomic E-state index is 0.202. The van der Waals surface area contributed by atoms with Crippen LogP contribution in [0.2, 0.25) is 0 Å². The van der Waals surface area contributed by atoms with Crippen molar-refractivity contribution in [1.82, 2.24) is 10.4 Å². The molecule has 0 bridgehead atoms. The fourth-order valence-corrected chi connectivity index (χ4v) is 4.07. The number of hydrogen-bond acceptors (Lipinski definition) is 5. The number of fused-ring (bicyclic) bond motifs is 1. The van der Waals surface area contributed by atoms with Crippen molar-refractivity contribution in [2.24, 2.45) is 0 Å². The Hall–Kier alpha value is -3.68. The molecule has 0 saturated heterocycles. The Morgan fingerprint density at radius 3 is 2.41 bits per heavy atom. The highest BCUT2D eigenvalue weighted by Gasteiger charge is 2.36. The Kier molecular flexibility index (Phi) is 6.20. The van der Waals surface area contributed by atoms with Gasteiger partial charge in [-0.1, -0.05) is 54.6 Å². The van der Waals surface area contributed by atoms with Crippen LogP contribution in [0.15, 0.2) is 72.8 Å². The zero-order valence-corrected chi connectivity index (χ0v) is 17.7. The Balaban J connectivity index is 1.61. The number of carbonyl (C=O) groups excluding carboxylic acids is 2. The van der Waals surface area contributed by atoms with Crippen molar-refractivity contribution in [3.63, 3.8) is 0 Å². The van der Waals surface area contributed by atoms with Gasteiger partial charge in [-0.3, -0.25) is 19.7 Å². The fourth-order valence-electron chi connectivity index (χ4n) is 4.07. The van der Waals surface area contributed by atoms with Crippen LogP contribution < -0.4 is 10.4 Å². The molecular weight excluding hydrogens is 406 g/mol. The standard InChI is InChI=1S/C25H25N3O4/c1-17-15-19(11-12-20(17)23(29)26-32)16-28-22-10-6-5-9-21(22)24(30)27(25(28)31)14-13-18-7-3-2-4-8-18/h2-12,15,25,31-32H,13-14,16H2,1H3,(H,26,29). The molecule has 1 aliphatic rings. The number of hydroxylamine groups is 1. The Bertz CT molecular complexity index is 1130. The van der Waals surface area contributed by atoms with Crippen LogP contribution in [0.1, 0.15) is 37.4 Å². The maximum Gasteiger partial charge on any atom is 0.274 e. The molecular formula is C25H25N3O4. The summed E-state index contributed by atoms with van der Waals surface area (Å²) in [5, 5.41) is 20.1. The molecule has 1 atom stereocenters. The monoisotopic (exact) mass is 431 g/mol. The maximum absolute atomic E-state index is 13.1. The van der Waals surface area contributed by atoms with E-state index in [0.717, 1.165) is 11.1 Å². The number of aryl methyl sites for hydroxylation is 1. The molecule has 4 rings (SSSR count). The zero-order chi connectivity index (χ0) is 22.7. The predicted octanol–water partition coefficient (Wildman–Crippen LogP) is 3.10. The van der Waals surface area contributed by atoms with Crippen molar-refractivity contribution in [2.45, 2.75) is 26.2 Å². The summed E-state index contributed by atoms with van der Waals surface area (Å²) in [6, 6.07) is 22.3. The average molecular weight is 431 g/mol. The minimum Gasteiger partial charge on any atom is -0.356 e. The molecule has 0 aliphatic carbocycles. The Morgan fingerprint density at radius 1 is 0.969 bits per heavy atom. The Labute approximate surface area is 186 Å². The number of carbonyl (C=O) groups is 2. The zero-order valence-electron chi connectivity index (χ0n) is 17.7. The lowest BCUT2D eigenvalue weighted by molar-refractivity contribution is 0.00120. The smallest absolute Gasteiger partial charge is 0.274 e. The third kappa shape index (κ3) is 4.21. The summed E-state index contributed by atoms with van der Waals surface area (Å²) in [6.07, 6.45) is -0.495. The van der Waals surface area contributed by atoms with Crippen LogP contribution in [0, 0.1) is 6.92 Å². The van der Waals surface area contributed by atoms with Crippen LogP contribution in [0.4, 0.5) is 5.69 Å². The lowest BCUT2D eigenvalue weighted by Crippen LogP contribution is -2.55. The highest BCUT2D eigenvalue weighted by molar-refractivity contribution is 6.01. The van der Waals surface area contributed by atoms with Gasteiger partial charge in [0.15, 0.2) is 0 Å². The molecule has 3 aromatic carbocycles. The van der Waals surface area contributed by atoms with E-state index < -0.39 is 12.3 Å². The number of aliphatic hydroxyl groups is 1. The van der Waals surface area contributed by atoms with Crippen molar-refractivity contribution in [2.75, 3.05) is 11.4 Å². The summed E-state index contributed by atoms with van der Waals surface area (Å²) in [5.41, 5.74) is 5.87. The van der Waals surface area contributed by atoms with Crippen molar-refractivity contribution in [3.05, 3.63) is 101 Å². The molecule has 0 fully saturated rings. The van der Waals surface area contributed by atoms with E-state index in [9.17, 15) is 14.7 Å². The number of aliphatic hydroxyl groups excluding tert-OH is 1. The molecule has 2 amide bonds. The van der Waals surface area contributed by atoms with Crippen LogP contribution in [0.25, 0.3) is 0 Å². The van der Waals surface area contributed by atoms with Gasteiger partial charge in [-0.25, -0.2) is 5.48 Å². The molecule has 32 heavy (non-hydrogen) atoms. The number of nitrogens with one attached hydrogen (secondary N) is 1. The predicted molar refractivity (Wildman–Crippen MR) is 120 cm³/mol. The largest absolute Gasteiger partial charge is 0.356 e. The second-order valence-electron chi connectivity index (χ2n) is 7.82. The lowest BCUT2D eigenvalue weighted by atomic mass is 10.0. The summed E-state index contributed by atoms with van der Waals surface area (Å²) >= 11 is 0. The second kappa shape index (κ2) is 9.21. The van der Waals surface area contributed by atoms with Gasteiger partial charge in [-0.15, -0.1) is 0 Å². The topological polar surface area (TPSA) is 93.1 Å². The van der Waals surface area contributed by atoms with Crippen LogP contribution in [0.5, 0.6) is 0 Å². The number of benzene rings is 3. The highest BCUT2D eigenvalue weighted by atomic mass is 16.5. The van der Waals surface area contributed by atoms with Crippen LogP contribution in [0.3, 0.4) is 0 Å². The summed E-state index contributed by atoms with van der Waals surface area (Å²) in [5.74, 6) is -0.776. The first-order valence-corrected chi connectivity index (χ1v) is 10.4. The summed E-state index contributed by atoms with van der Waals surface area (Å²) < 4.78 is 0. The number of anilines is 1. The molecule has 7 heteroatoms. The second-order valence-corrected chi connectivity index (χ2v) is 7.82. The number of amides is 2. The fraction of sp³-hybridized carbons (Fsp3) is 0.200. The summed E-state index contributed by atoms with van der Waals surface area (Å²) in [7, 11) is 0. The van der Waals surface area contributed by atoms with E-state index in [0.29, 0.717) is 41.9 Å². The SMILES string of the molecule is Cc1cc(CN2c3ccccc3C(=O)N(CCc3ccccc3)C2O)ccc1C(=O)NO. The normalized spacial score (nSPS) is 15.5. The lowest BCUT2D eigenvalue weighted by Gasteiger charge is -2.42. The first-order chi connectivity index (χ1) is 15.5. The van der Waals surface area contributed by atoms with Crippen molar-refractivity contribution in [3.8, 4) is 0 Å². The molecule has 1 heterocycles. The molecule has 164 valence electrons. The number of para-hydroxylation sites is 1. The van der Waals surface area contributed by atoms with Crippen molar-refractivity contribution in [1.29, 1.82) is 0 Å². The van der Waals surface area contributed by atoms with Gasteiger partial charge in [-0.2, -0.15) is 0 Å². The first-order valence-electron chi connectivity index (χ1n) is 10.4. The van der Waals surface area contributed by atoms with E-state index in [1.807, 2.05) is 54.6 Å². The number of rotatable bonds is 6. The van der Waals surface area contributed by atoms with E-state index in [1.54, 1.807) is 35.5 Å².